The number of para-hydroxylation sites is 1. The minimum Gasteiger partial charge on any atom is -0.462 e. The molecule has 1 aromatic rings. The SMILES string of the molecule is CC(C)OC(=O)[C@H](P)NP(=O)(Cl)Oc1ccccc1. The van der Waals surface area contributed by atoms with Crippen LogP contribution in [0.5, 0.6) is 5.75 Å². The fraction of sp³-hybridized carbons (Fsp3) is 0.364. The van der Waals surface area contributed by atoms with E-state index in [1.54, 1.807) is 44.2 Å². The second-order valence-corrected chi connectivity index (χ2v) is 7.38. The fourth-order valence-corrected chi connectivity index (χ4v) is 3.56. The number of nitrogens with one attached hydrogen (secondary N) is 1. The van der Waals surface area contributed by atoms with E-state index in [4.69, 9.17) is 20.5 Å². The summed E-state index contributed by atoms with van der Waals surface area (Å²) in [4.78, 5) is 11.5. The molecule has 0 aromatic heterocycles. The molecule has 0 aliphatic carbocycles. The van der Waals surface area contributed by atoms with E-state index in [0.717, 1.165) is 0 Å². The lowest BCUT2D eigenvalue weighted by molar-refractivity contribution is -0.147. The van der Waals surface area contributed by atoms with Crippen LogP contribution >= 0.6 is 27.4 Å². The maximum atomic E-state index is 12.0. The Morgan fingerprint density at radius 3 is 2.47 bits per heavy atom. The van der Waals surface area contributed by atoms with Crippen LogP contribution in [-0.4, -0.2) is 17.9 Å². The molecule has 1 aromatic carbocycles. The lowest BCUT2D eigenvalue weighted by atomic mass is 10.3. The van der Waals surface area contributed by atoms with Crippen molar-refractivity contribution in [2.24, 2.45) is 0 Å². The van der Waals surface area contributed by atoms with E-state index in [9.17, 15) is 9.36 Å². The Balaban J connectivity index is 2.59. The van der Waals surface area contributed by atoms with Crippen LogP contribution in [-0.2, 0) is 14.1 Å². The van der Waals surface area contributed by atoms with E-state index in [1.165, 1.54) is 0 Å². The summed E-state index contributed by atoms with van der Waals surface area (Å²) in [6.07, 6.45) is -0.262. The fourth-order valence-electron chi connectivity index (χ4n) is 1.17. The molecule has 0 radical (unpaired) electrons. The molecule has 0 aliphatic heterocycles. The molecule has 0 amide bonds. The highest BCUT2D eigenvalue weighted by molar-refractivity contribution is 7.84. The van der Waals surface area contributed by atoms with Crippen LogP contribution in [0.25, 0.3) is 0 Å². The number of carbonyl (C=O) groups excluding carboxylic acids is 1. The molecule has 8 heteroatoms. The first-order chi connectivity index (χ1) is 8.80. The van der Waals surface area contributed by atoms with E-state index >= 15 is 0 Å². The van der Waals surface area contributed by atoms with Crippen LogP contribution in [0, 0.1) is 0 Å². The van der Waals surface area contributed by atoms with Crippen molar-refractivity contribution < 1.29 is 18.6 Å². The zero-order chi connectivity index (χ0) is 14.5. The first-order valence-corrected chi connectivity index (χ1v) is 8.78. The Kier molecular flexibility index (Phi) is 6.28. The summed E-state index contributed by atoms with van der Waals surface area (Å²) < 4.78 is 22.1. The Hall–Kier alpha value is -0.600. The van der Waals surface area contributed by atoms with Crippen molar-refractivity contribution in [3.8, 4) is 5.75 Å². The second kappa shape index (κ2) is 7.25. The minimum absolute atomic E-state index is 0.262. The number of halogens is 1. The van der Waals surface area contributed by atoms with Gasteiger partial charge in [0.1, 0.15) is 11.5 Å². The highest BCUT2D eigenvalue weighted by atomic mass is 35.7. The summed E-state index contributed by atoms with van der Waals surface area (Å²) >= 11 is 5.75. The van der Waals surface area contributed by atoms with Gasteiger partial charge in [0.2, 0.25) is 0 Å². The summed E-state index contributed by atoms with van der Waals surface area (Å²) in [5.41, 5.74) is 0. The zero-order valence-corrected chi connectivity index (χ0v) is 13.4. The maximum Gasteiger partial charge on any atom is 0.410 e. The van der Waals surface area contributed by atoms with Gasteiger partial charge in [0, 0.05) is 11.2 Å². The standard InChI is InChI=1S/C11H16ClNO4P2/c1-8(2)16-11(14)10(18)13-19(12,15)17-9-6-4-3-5-7-9/h3-8,10H,18H2,1-2H3,(H,13,15)/t10-,19?/m0/s1. The zero-order valence-electron chi connectivity index (χ0n) is 10.6. The van der Waals surface area contributed by atoms with E-state index in [1.807, 2.05) is 0 Å². The molecule has 3 atom stereocenters. The molecule has 0 saturated carbocycles. The van der Waals surface area contributed by atoms with Gasteiger partial charge in [-0.1, -0.05) is 18.2 Å². The van der Waals surface area contributed by atoms with Gasteiger partial charge >= 0.3 is 12.8 Å². The number of carbonyl (C=O) groups is 1. The van der Waals surface area contributed by atoms with Crippen molar-refractivity contribution >= 4 is 33.3 Å². The summed E-state index contributed by atoms with van der Waals surface area (Å²) in [7, 11) is 2.17. The molecule has 0 aliphatic rings. The van der Waals surface area contributed by atoms with Gasteiger partial charge in [-0.05, 0) is 26.0 Å². The van der Waals surface area contributed by atoms with Crippen LogP contribution in [0.4, 0.5) is 0 Å². The van der Waals surface area contributed by atoms with Gasteiger partial charge in [0.25, 0.3) is 0 Å². The average Bonchev–Trinajstić information content (AvgIpc) is 2.27. The molecule has 1 N–H and O–H groups in total. The molecule has 5 nitrogen and oxygen atoms in total. The number of rotatable bonds is 6. The van der Waals surface area contributed by atoms with Gasteiger partial charge in [0.15, 0.2) is 0 Å². The van der Waals surface area contributed by atoms with Crippen molar-refractivity contribution in [3.05, 3.63) is 30.3 Å². The van der Waals surface area contributed by atoms with Crippen LogP contribution < -0.4 is 9.61 Å². The highest BCUT2D eigenvalue weighted by Gasteiger charge is 2.28. The van der Waals surface area contributed by atoms with Gasteiger partial charge in [-0.25, -0.2) is 14.4 Å². The Morgan fingerprint density at radius 2 is 1.95 bits per heavy atom. The third kappa shape index (κ3) is 6.40. The molecule has 0 fully saturated rings. The quantitative estimate of drug-likeness (QED) is 0.643. The van der Waals surface area contributed by atoms with Crippen LogP contribution in [0.3, 0.4) is 0 Å². The molecule has 106 valence electrons. The lowest BCUT2D eigenvalue weighted by Gasteiger charge is -2.19. The molecule has 0 saturated heterocycles. The van der Waals surface area contributed by atoms with Crippen molar-refractivity contribution in [1.82, 2.24) is 5.09 Å². The third-order valence-electron chi connectivity index (χ3n) is 1.87. The van der Waals surface area contributed by atoms with Crippen molar-refractivity contribution in [2.75, 3.05) is 0 Å². The number of hydrogen-bond donors (Lipinski definition) is 1. The average molecular weight is 324 g/mol. The largest absolute Gasteiger partial charge is 0.462 e. The maximum absolute atomic E-state index is 12.0. The molecular formula is C11H16ClNO4P2. The first-order valence-electron chi connectivity index (χ1n) is 5.58. The molecular weight excluding hydrogens is 308 g/mol. The topological polar surface area (TPSA) is 64.6 Å². The molecule has 0 spiro atoms. The van der Waals surface area contributed by atoms with Crippen LogP contribution in [0.1, 0.15) is 13.8 Å². The van der Waals surface area contributed by atoms with Crippen molar-refractivity contribution in [2.45, 2.75) is 25.7 Å². The van der Waals surface area contributed by atoms with E-state index < -0.39 is 18.6 Å². The van der Waals surface area contributed by atoms with E-state index in [0.29, 0.717) is 5.75 Å². The van der Waals surface area contributed by atoms with Crippen LogP contribution in [0.15, 0.2) is 30.3 Å². The van der Waals surface area contributed by atoms with Gasteiger partial charge < -0.3 is 9.26 Å². The highest BCUT2D eigenvalue weighted by Crippen LogP contribution is 2.49. The van der Waals surface area contributed by atoms with Crippen LogP contribution in [0.2, 0.25) is 0 Å². The predicted octanol–water partition coefficient (Wildman–Crippen LogP) is 3.15. The minimum atomic E-state index is -3.67. The second-order valence-electron chi connectivity index (χ2n) is 3.98. The Bertz CT molecular complexity index is 469. The number of esters is 1. The molecule has 19 heavy (non-hydrogen) atoms. The predicted molar refractivity (Wildman–Crippen MR) is 78.4 cm³/mol. The monoisotopic (exact) mass is 323 g/mol. The van der Waals surface area contributed by atoms with Gasteiger partial charge in [-0.3, -0.25) is 0 Å². The number of ether oxygens (including phenoxy) is 1. The van der Waals surface area contributed by atoms with Gasteiger partial charge in [-0.15, -0.1) is 9.24 Å². The Morgan fingerprint density at radius 1 is 1.37 bits per heavy atom. The number of benzene rings is 1. The summed E-state index contributed by atoms with van der Waals surface area (Å²) in [6, 6.07) is 8.45. The Labute approximate surface area is 119 Å². The summed E-state index contributed by atoms with van der Waals surface area (Å²) in [5, 5.41) is 2.40. The van der Waals surface area contributed by atoms with E-state index in [2.05, 4.69) is 14.3 Å². The smallest absolute Gasteiger partial charge is 0.410 e. The van der Waals surface area contributed by atoms with Gasteiger partial charge in [-0.2, -0.15) is 0 Å². The molecule has 2 unspecified atom stereocenters. The van der Waals surface area contributed by atoms with Crippen molar-refractivity contribution in [1.29, 1.82) is 0 Å². The normalized spacial score (nSPS) is 15.6. The molecule has 0 heterocycles. The molecule has 1 rings (SSSR count). The third-order valence-corrected chi connectivity index (χ3v) is 4.12. The van der Waals surface area contributed by atoms with E-state index in [-0.39, 0.29) is 6.10 Å². The first kappa shape index (κ1) is 16.5. The number of hydrogen-bond acceptors (Lipinski definition) is 4. The van der Waals surface area contributed by atoms with Gasteiger partial charge in [0.05, 0.1) is 6.10 Å². The summed E-state index contributed by atoms with van der Waals surface area (Å²) in [5.74, 6) is -1.13. The lowest BCUT2D eigenvalue weighted by Crippen LogP contribution is -2.32. The summed E-state index contributed by atoms with van der Waals surface area (Å²) in [6.45, 7) is -0.231. The molecule has 0 bridgehead atoms. The van der Waals surface area contributed by atoms with Crippen molar-refractivity contribution in [3.63, 3.8) is 0 Å².